The normalized spacial score (nSPS) is 16.4. The lowest BCUT2D eigenvalue weighted by molar-refractivity contribution is -0.131. The quantitative estimate of drug-likeness (QED) is 0.857. The Kier molecular flexibility index (Phi) is 3.69. The largest absolute Gasteiger partial charge is 0.415 e. The molecule has 0 bridgehead atoms. The molecule has 2 aromatic rings. The average Bonchev–Trinajstić information content (AvgIpc) is 2.55. The van der Waals surface area contributed by atoms with Gasteiger partial charge in [-0.1, -0.05) is 30.3 Å². The summed E-state index contributed by atoms with van der Waals surface area (Å²) in [5, 5.41) is 2.57. The van der Waals surface area contributed by atoms with E-state index in [1.165, 1.54) is 24.3 Å². The Morgan fingerprint density at radius 3 is 2.50 bits per heavy atom. The van der Waals surface area contributed by atoms with Crippen molar-refractivity contribution in [2.75, 3.05) is 13.6 Å². The van der Waals surface area contributed by atoms with Gasteiger partial charge in [0.2, 0.25) is 5.91 Å². The molecule has 1 aliphatic rings. The van der Waals surface area contributed by atoms with Crippen LogP contribution in [0.4, 0.5) is 4.79 Å². The van der Waals surface area contributed by atoms with Crippen LogP contribution in [0.2, 0.25) is 0 Å². The predicted octanol–water partition coefficient (Wildman–Crippen LogP) is 1.07. The summed E-state index contributed by atoms with van der Waals surface area (Å²) in [6.07, 6.45) is 2.25. The first-order chi connectivity index (χ1) is 10.6. The Bertz CT molecular complexity index is 688. The maximum Gasteiger partial charge on any atom is 0.415 e. The third kappa shape index (κ3) is 2.73. The van der Waals surface area contributed by atoms with Gasteiger partial charge in [-0.2, -0.15) is 0 Å². The molecule has 0 saturated carbocycles. The minimum Gasteiger partial charge on any atom is -0.407 e. The van der Waals surface area contributed by atoms with Gasteiger partial charge in [-0.3, -0.25) is 9.69 Å². The van der Waals surface area contributed by atoms with Gasteiger partial charge in [0.1, 0.15) is 6.04 Å². The maximum absolute atomic E-state index is 11.9. The van der Waals surface area contributed by atoms with Gasteiger partial charge in [-0.15, -0.1) is 0 Å². The number of nitrogens with zero attached hydrogens (tertiary/aromatic N) is 3. The minimum atomic E-state index is -0.615. The monoisotopic (exact) mass is 298 g/mol. The number of amides is 2. The number of likely N-dealkylation sites (N-methyl/N-ethyl adjacent to an activating group) is 1. The molecule has 0 aliphatic carbocycles. The third-order valence-electron chi connectivity index (χ3n) is 3.39. The highest BCUT2D eigenvalue weighted by Crippen LogP contribution is 2.16. The fraction of sp³-hybridized carbons (Fsp3) is 0.200. The van der Waals surface area contributed by atoms with Crippen LogP contribution < -0.4 is 10.1 Å². The molecule has 2 heterocycles. The summed E-state index contributed by atoms with van der Waals surface area (Å²) in [4.78, 5) is 32.8. The molecule has 1 saturated heterocycles. The smallest absolute Gasteiger partial charge is 0.407 e. The second-order valence-corrected chi connectivity index (χ2v) is 4.85. The van der Waals surface area contributed by atoms with Gasteiger partial charge in [-0.25, -0.2) is 14.8 Å². The molecule has 112 valence electrons. The number of hydrogen-bond donors (Lipinski definition) is 1. The molecule has 2 amide bonds. The third-order valence-corrected chi connectivity index (χ3v) is 3.39. The molecule has 7 heteroatoms. The highest BCUT2D eigenvalue weighted by molar-refractivity contribution is 5.91. The lowest BCUT2D eigenvalue weighted by Gasteiger charge is -2.33. The fourth-order valence-corrected chi connectivity index (χ4v) is 1.99. The first-order valence-corrected chi connectivity index (χ1v) is 6.75. The van der Waals surface area contributed by atoms with E-state index in [1.807, 2.05) is 30.3 Å². The van der Waals surface area contributed by atoms with Crippen LogP contribution >= 0.6 is 0 Å². The molecule has 1 atom stereocenters. The number of carbonyl (C=O) groups is 2. The van der Waals surface area contributed by atoms with Crippen molar-refractivity contribution >= 4 is 12.0 Å². The molecule has 0 spiro atoms. The molecule has 0 radical (unpaired) electrons. The lowest BCUT2D eigenvalue weighted by atomic mass is 10.1. The molecular formula is C15H14N4O3. The van der Waals surface area contributed by atoms with Crippen molar-refractivity contribution in [3.8, 4) is 17.1 Å². The van der Waals surface area contributed by atoms with Gasteiger partial charge in [0.15, 0.2) is 11.6 Å². The Labute approximate surface area is 126 Å². The van der Waals surface area contributed by atoms with Crippen LogP contribution in [0.3, 0.4) is 0 Å². The summed E-state index contributed by atoms with van der Waals surface area (Å²) in [6.45, 7) is 0.438. The first-order valence-electron chi connectivity index (χ1n) is 6.75. The Hall–Kier alpha value is -2.96. The molecular weight excluding hydrogens is 284 g/mol. The first kappa shape index (κ1) is 14.0. The number of rotatable bonds is 3. The molecule has 7 nitrogen and oxygen atoms in total. The SMILES string of the molecule is CN(C(=O)Oc1cnc(-c2ccccc2)nc1)[C@H]1CNC1=O. The highest BCUT2D eigenvalue weighted by atomic mass is 16.6. The van der Waals surface area contributed by atoms with Crippen LogP contribution in [0.1, 0.15) is 0 Å². The Morgan fingerprint density at radius 1 is 1.27 bits per heavy atom. The molecule has 1 fully saturated rings. The van der Waals surface area contributed by atoms with Crippen molar-refractivity contribution in [2.45, 2.75) is 6.04 Å². The van der Waals surface area contributed by atoms with Crippen LogP contribution in [-0.4, -0.2) is 46.5 Å². The predicted molar refractivity (Wildman–Crippen MR) is 78.1 cm³/mol. The fourth-order valence-electron chi connectivity index (χ4n) is 1.99. The van der Waals surface area contributed by atoms with E-state index in [1.54, 1.807) is 0 Å². The summed E-state index contributed by atoms with van der Waals surface area (Å²) >= 11 is 0. The highest BCUT2D eigenvalue weighted by Gasteiger charge is 2.35. The van der Waals surface area contributed by atoms with E-state index in [0.717, 1.165) is 5.56 Å². The van der Waals surface area contributed by atoms with Crippen molar-refractivity contribution in [3.05, 3.63) is 42.7 Å². The van der Waals surface area contributed by atoms with E-state index in [-0.39, 0.29) is 11.7 Å². The van der Waals surface area contributed by atoms with Crippen LogP contribution in [0.15, 0.2) is 42.7 Å². The number of carbonyl (C=O) groups excluding carboxylic acids is 2. The standard InChI is InChI=1S/C15H14N4O3/c1-19(12-9-18-14(12)20)15(21)22-11-7-16-13(17-8-11)10-5-3-2-4-6-10/h2-8,12H,9H2,1H3,(H,18,20)/t12-/m0/s1. The molecule has 1 aromatic heterocycles. The van der Waals surface area contributed by atoms with E-state index < -0.39 is 12.1 Å². The van der Waals surface area contributed by atoms with Crippen LogP contribution in [-0.2, 0) is 4.79 Å². The second-order valence-electron chi connectivity index (χ2n) is 4.85. The number of ether oxygens (including phenoxy) is 1. The van der Waals surface area contributed by atoms with Crippen LogP contribution in [0.25, 0.3) is 11.4 Å². The molecule has 1 aromatic carbocycles. The van der Waals surface area contributed by atoms with E-state index in [2.05, 4.69) is 15.3 Å². The topological polar surface area (TPSA) is 84.4 Å². The number of benzene rings is 1. The molecule has 0 unspecified atom stereocenters. The van der Waals surface area contributed by atoms with Crippen molar-refractivity contribution in [2.24, 2.45) is 0 Å². The summed E-state index contributed by atoms with van der Waals surface area (Å²) in [7, 11) is 1.52. The lowest BCUT2D eigenvalue weighted by Crippen LogP contribution is -2.62. The zero-order chi connectivity index (χ0) is 15.5. The summed E-state index contributed by atoms with van der Waals surface area (Å²) < 4.78 is 5.15. The summed E-state index contributed by atoms with van der Waals surface area (Å²) in [5.74, 6) is 0.596. The van der Waals surface area contributed by atoms with Crippen LogP contribution in [0.5, 0.6) is 5.75 Å². The van der Waals surface area contributed by atoms with Gasteiger partial charge >= 0.3 is 6.09 Å². The van der Waals surface area contributed by atoms with Gasteiger partial charge in [0, 0.05) is 19.2 Å². The Morgan fingerprint density at radius 2 is 1.95 bits per heavy atom. The van der Waals surface area contributed by atoms with E-state index >= 15 is 0 Å². The van der Waals surface area contributed by atoms with Gasteiger partial charge < -0.3 is 10.1 Å². The number of nitrogens with one attached hydrogen (secondary N) is 1. The van der Waals surface area contributed by atoms with Gasteiger partial charge in [-0.05, 0) is 0 Å². The molecule has 1 N–H and O–H groups in total. The zero-order valence-corrected chi connectivity index (χ0v) is 11.9. The van der Waals surface area contributed by atoms with E-state index in [9.17, 15) is 9.59 Å². The molecule has 3 rings (SSSR count). The minimum absolute atomic E-state index is 0.185. The number of β-lactam (4-membered cyclic amide) rings is 1. The molecule has 1 aliphatic heterocycles. The average molecular weight is 298 g/mol. The molecule has 22 heavy (non-hydrogen) atoms. The van der Waals surface area contributed by atoms with Gasteiger partial charge in [0.25, 0.3) is 0 Å². The van der Waals surface area contributed by atoms with Crippen molar-refractivity contribution in [3.63, 3.8) is 0 Å². The van der Waals surface area contributed by atoms with Crippen molar-refractivity contribution in [1.82, 2.24) is 20.2 Å². The van der Waals surface area contributed by atoms with E-state index in [0.29, 0.717) is 12.4 Å². The summed E-state index contributed by atoms with van der Waals surface area (Å²) in [5.41, 5.74) is 0.878. The van der Waals surface area contributed by atoms with E-state index in [4.69, 9.17) is 4.74 Å². The number of hydrogen-bond acceptors (Lipinski definition) is 5. The van der Waals surface area contributed by atoms with Crippen molar-refractivity contribution in [1.29, 1.82) is 0 Å². The summed E-state index contributed by atoms with van der Waals surface area (Å²) in [6, 6.07) is 9.01. The maximum atomic E-state index is 11.9. The second kappa shape index (κ2) is 5.80. The Balaban J connectivity index is 1.66. The van der Waals surface area contributed by atoms with Gasteiger partial charge in [0.05, 0.1) is 12.4 Å². The number of aromatic nitrogens is 2. The van der Waals surface area contributed by atoms with Crippen molar-refractivity contribution < 1.29 is 14.3 Å². The zero-order valence-electron chi connectivity index (χ0n) is 11.9. The van der Waals surface area contributed by atoms with Crippen LogP contribution in [0, 0.1) is 0 Å².